The molecule has 154 valence electrons. The van der Waals surface area contributed by atoms with Gasteiger partial charge < -0.3 is 9.32 Å². The molecule has 3 aromatic rings. The van der Waals surface area contributed by atoms with Crippen LogP contribution in [0.2, 0.25) is 5.02 Å². The average molecular weight is 433 g/mol. The van der Waals surface area contributed by atoms with Crippen molar-refractivity contribution in [2.45, 2.75) is 51.9 Å². The fourth-order valence-corrected chi connectivity index (χ4v) is 4.32. The van der Waals surface area contributed by atoms with E-state index >= 15 is 0 Å². The number of amides is 1. The highest BCUT2D eigenvalue weighted by Gasteiger charge is 2.23. The van der Waals surface area contributed by atoms with Gasteiger partial charge in [0, 0.05) is 17.1 Å². The van der Waals surface area contributed by atoms with Crippen molar-refractivity contribution in [2.24, 2.45) is 0 Å². The van der Waals surface area contributed by atoms with E-state index < -0.39 is 0 Å². The Hall–Kier alpha value is -2.25. The summed E-state index contributed by atoms with van der Waals surface area (Å²) in [6.07, 6.45) is 1.60. The van der Waals surface area contributed by atoms with Gasteiger partial charge in [-0.2, -0.15) is 0 Å². The summed E-state index contributed by atoms with van der Waals surface area (Å²) in [7, 11) is 0. The third-order valence-electron chi connectivity index (χ3n) is 4.51. The first-order valence-corrected chi connectivity index (χ1v) is 10.9. The minimum Gasteiger partial charge on any atom is -0.461 e. The zero-order valence-electron chi connectivity index (χ0n) is 17.2. The lowest BCUT2D eigenvalue weighted by Crippen LogP contribution is -2.43. The van der Waals surface area contributed by atoms with Gasteiger partial charge in [-0.15, -0.1) is 10.2 Å². The van der Waals surface area contributed by atoms with Gasteiger partial charge in [-0.05, 0) is 64.4 Å². The molecule has 8 heteroatoms. The number of hydrogen-bond acceptors (Lipinski definition) is 5. The summed E-state index contributed by atoms with van der Waals surface area (Å²) in [5.41, 5.74) is 1.87. The monoisotopic (exact) mass is 432 g/mol. The number of benzene rings is 1. The summed E-state index contributed by atoms with van der Waals surface area (Å²) < 4.78 is 7.45. The van der Waals surface area contributed by atoms with Crippen LogP contribution < -0.4 is 0 Å². The smallest absolute Gasteiger partial charge is 0.233 e. The van der Waals surface area contributed by atoms with Crippen LogP contribution >= 0.6 is 23.4 Å². The molecule has 0 aliphatic carbocycles. The van der Waals surface area contributed by atoms with Gasteiger partial charge in [0.25, 0.3) is 0 Å². The van der Waals surface area contributed by atoms with E-state index in [1.165, 1.54) is 11.8 Å². The maximum absolute atomic E-state index is 12.8. The van der Waals surface area contributed by atoms with E-state index in [2.05, 4.69) is 10.2 Å². The van der Waals surface area contributed by atoms with Gasteiger partial charge in [-0.3, -0.25) is 9.36 Å². The number of aromatic nitrogens is 3. The van der Waals surface area contributed by atoms with Crippen LogP contribution in [0.3, 0.4) is 0 Å². The van der Waals surface area contributed by atoms with Crippen LogP contribution in [-0.4, -0.2) is 43.4 Å². The molecule has 0 aliphatic rings. The third kappa shape index (κ3) is 4.67. The Kier molecular flexibility index (Phi) is 6.70. The van der Waals surface area contributed by atoms with Crippen LogP contribution in [0.5, 0.6) is 0 Å². The molecule has 0 saturated carbocycles. The van der Waals surface area contributed by atoms with E-state index in [-0.39, 0.29) is 23.7 Å². The topological polar surface area (TPSA) is 64.2 Å². The Labute approximate surface area is 180 Å². The number of aryl methyl sites for hydroxylation is 1. The molecule has 3 rings (SSSR count). The van der Waals surface area contributed by atoms with Crippen molar-refractivity contribution in [3.63, 3.8) is 0 Å². The maximum Gasteiger partial charge on any atom is 0.233 e. The quantitative estimate of drug-likeness (QED) is 0.478. The number of carbonyl (C=O) groups is 1. The number of thioether (sulfide) groups is 1. The Bertz CT molecular complexity index is 975. The van der Waals surface area contributed by atoms with Crippen molar-refractivity contribution in [2.75, 3.05) is 5.75 Å². The van der Waals surface area contributed by atoms with Crippen LogP contribution in [0, 0.1) is 6.92 Å². The predicted octanol–water partition coefficient (Wildman–Crippen LogP) is 5.23. The molecule has 0 N–H and O–H groups in total. The normalized spacial score (nSPS) is 11.4. The second-order valence-corrected chi connectivity index (χ2v) is 8.71. The predicted molar refractivity (Wildman–Crippen MR) is 117 cm³/mol. The van der Waals surface area contributed by atoms with Gasteiger partial charge >= 0.3 is 0 Å². The largest absolute Gasteiger partial charge is 0.461 e. The third-order valence-corrected chi connectivity index (χ3v) is 5.66. The minimum atomic E-state index is 0.0666. The van der Waals surface area contributed by atoms with Crippen LogP contribution in [-0.2, 0) is 4.79 Å². The number of nitrogens with zero attached hydrogens (tertiary/aromatic N) is 4. The van der Waals surface area contributed by atoms with E-state index in [1.807, 2.05) is 68.4 Å². The zero-order valence-corrected chi connectivity index (χ0v) is 18.8. The van der Waals surface area contributed by atoms with E-state index in [4.69, 9.17) is 16.0 Å². The van der Waals surface area contributed by atoms with Crippen molar-refractivity contribution in [3.8, 4) is 17.3 Å². The zero-order chi connectivity index (χ0) is 21.1. The van der Waals surface area contributed by atoms with Gasteiger partial charge in [0.05, 0.1) is 17.7 Å². The van der Waals surface area contributed by atoms with Gasteiger partial charge in [0.15, 0.2) is 10.9 Å². The lowest BCUT2D eigenvalue weighted by atomic mass is 10.2. The van der Waals surface area contributed by atoms with Crippen LogP contribution in [0.1, 0.15) is 33.3 Å². The lowest BCUT2D eigenvalue weighted by Gasteiger charge is -2.30. The van der Waals surface area contributed by atoms with Crippen molar-refractivity contribution >= 4 is 29.3 Å². The number of furan rings is 1. The summed E-state index contributed by atoms with van der Waals surface area (Å²) >= 11 is 7.62. The number of carbonyl (C=O) groups excluding carboxylic acids is 1. The first kappa shape index (κ1) is 21.5. The van der Waals surface area contributed by atoms with Crippen molar-refractivity contribution in [1.29, 1.82) is 0 Å². The molecule has 29 heavy (non-hydrogen) atoms. The van der Waals surface area contributed by atoms with E-state index in [1.54, 1.807) is 12.3 Å². The highest BCUT2D eigenvalue weighted by molar-refractivity contribution is 7.99. The maximum atomic E-state index is 12.8. The second kappa shape index (κ2) is 9.05. The first-order valence-electron chi connectivity index (χ1n) is 9.49. The standard InChI is InChI=1S/C21H25ClN4O2S/c1-13(2)25(14(3)4)19(27)12-29-21-24-23-20(18-7-6-10-28-18)26(21)17-11-16(22)9-8-15(17)5/h6-11,13-14H,12H2,1-5H3. The molecule has 0 radical (unpaired) electrons. The highest BCUT2D eigenvalue weighted by atomic mass is 35.5. The fourth-order valence-electron chi connectivity index (χ4n) is 3.34. The van der Waals surface area contributed by atoms with Gasteiger partial charge in [0.2, 0.25) is 11.7 Å². The Balaban J connectivity index is 1.98. The Morgan fingerprint density at radius 1 is 1.21 bits per heavy atom. The van der Waals surface area contributed by atoms with Gasteiger partial charge in [-0.1, -0.05) is 29.4 Å². The molecule has 0 fully saturated rings. The molecule has 0 atom stereocenters. The summed E-state index contributed by atoms with van der Waals surface area (Å²) in [5, 5.41) is 9.90. The molecule has 0 saturated heterocycles. The lowest BCUT2D eigenvalue weighted by molar-refractivity contribution is -0.131. The molecule has 0 unspecified atom stereocenters. The van der Waals surface area contributed by atoms with E-state index in [9.17, 15) is 4.79 Å². The minimum absolute atomic E-state index is 0.0666. The molecule has 0 bridgehead atoms. The summed E-state index contributed by atoms with van der Waals surface area (Å²) in [6.45, 7) is 10.1. The molecular formula is C21H25ClN4O2S. The van der Waals surface area contributed by atoms with Gasteiger partial charge in [-0.25, -0.2) is 0 Å². The van der Waals surface area contributed by atoms with Gasteiger partial charge in [0.1, 0.15) is 0 Å². The molecule has 0 spiro atoms. The Morgan fingerprint density at radius 3 is 2.55 bits per heavy atom. The number of rotatable bonds is 7. The Morgan fingerprint density at radius 2 is 1.93 bits per heavy atom. The number of halogens is 1. The van der Waals surface area contributed by atoms with Crippen LogP contribution in [0.15, 0.2) is 46.2 Å². The first-order chi connectivity index (χ1) is 13.8. The fraction of sp³-hybridized carbons (Fsp3) is 0.381. The van der Waals surface area contributed by atoms with Crippen LogP contribution in [0.4, 0.5) is 0 Å². The molecule has 2 aromatic heterocycles. The van der Waals surface area contributed by atoms with Crippen LogP contribution in [0.25, 0.3) is 17.3 Å². The van der Waals surface area contributed by atoms with Crippen molar-refractivity contribution in [3.05, 3.63) is 47.2 Å². The molecule has 6 nitrogen and oxygen atoms in total. The number of hydrogen-bond donors (Lipinski definition) is 0. The second-order valence-electron chi connectivity index (χ2n) is 7.33. The summed E-state index contributed by atoms with van der Waals surface area (Å²) in [4.78, 5) is 14.7. The highest BCUT2D eigenvalue weighted by Crippen LogP contribution is 2.31. The van der Waals surface area contributed by atoms with E-state index in [0.29, 0.717) is 21.8 Å². The summed E-state index contributed by atoms with van der Waals surface area (Å²) in [6, 6.07) is 9.56. The van der Waals surface area contributed by atoms with E-state index in [0.717, 1.165) is 11.3 Å². The molecule has 1 aromatic carbocycles. The van der Waals surface area contributed by atoms with Crippen molar-refractivity contribution < 1.29 is 9.21 Å². The summed E-state index contributed by atoms with van der Waals surface area (Å²) in [5.74, 6) is 1.50. The molecular weight excluding hydrogens is 408 g/mol. The molecule has 2 heterocycles. The SMILES string of the molecule is Cc1ccc(Cl)cc1-n1c(SCC(=O)N(C(C)C)C(C)C)nnc1-c1ccco1. The average Bonchev–Trinajstić information content (AvgIpc) is 3.30. The van der Waals surface area contributed by atoms with Crippen molar-refractivity contribution in [1.82, 2.24) is 19.7 Å². The molecule has 1 amide bonds. The molecule has 0 aliphatic heterocycles.